The molecule has 0 spiro atoms. The number of carbonyl (C=O) groups excluding carboxylic acids is 6. The van der Waals surface area contributed by atoms with Gasteiger partial charge in [0.2, 0.25) is 0 Å². The molecule has 390 valence electrons. The van der Waals surface area contributed by atoms with Crippen LogP contribution in [-0.2, 0) is 91.6 Å². The minimum absolute atomic E-state index is 0.0150. The van der Waals surface area contributed by atoms with Crippen molar-refractivity contribution in [1.82, 2.24) is 29.4 Å². The van der Waals surface area contributed by atoms with E-state index >= 15 is 0 Å². The molecule has 1 aromatic rings. The number of aromatic nitrogens is 3. The van der Waals surface area contributed by atoms with E-state index in [2.05, 4.69) is 19.7 Å². The summed E-state index contributed by atoms with van der Waals surface area (Å²) in [5.74, 6) is -4.48. The molecule has 1 heterocycles. The summed E-state index contributed by atoms with van der Waals surface area (Å²) in [7, 11) is 0. The summed E-state index contributed by atoms with van der Waals surface area (Å²) in [6.45, 7) is 16.9. The van der Waals surface area contributed by atoms with E-state index in [0.717, 1.165) is 31.9 Å². The van der Waals surface area contributed by atoms with E-state index in [1.54, 1.807) is 20.8 Å². The van der Waals surface area contributed by atoms with E-state index in [-0.39, 0.29) is 78.5 Å². The molecule has 24 nitrogen and oxygen atoms in total. The minimum Gasteiger partial charge on any atom is -0.379 e. The van der Waals surface area contributed by atoms with Crippen molar-refractivity contribution in [2.45, 2.75) is 137 Å². The van der Waals surface area contributed by atoms with Crippen molar-refractivity contribution < 1.29 is 72.0 Å². The van der Waals surface area contributed by atoms with Gasteiger partial charge in [-0.1, -0.05) is 58.3 Å². The van der Waals surface area contributed by atoms with Gasteiger partial charge in [0.25, 0.3) is 17.7 Å². The highest BCUT2D eigenvalue weighted by Gasteiger charge is 2.22. The van der Waals surface area contributed by atoms with Crippen LogP contribution in [0.3, 0.4) is 0 Å². The first-order valence-electron chi connectivity index (χ1n) is 23.4. The quantitative estimate of drug-likeness (QED) is 0.0520. The summed E-state index contributed by atoms with van der Waals surface area (Å²) in [5.41, 5.74) is -2.32. The van der Waals surface area contributed by atoms with Gasteiger partial charge < -0.3 is 28.7 Å². The molecule has 69 heavy (non-hydrogen) atoms. The highest BCUT2D eigenvalue weighted by Crippen LogP contribution is 2.11. The van der Waals surface area contributed by atoms with E-state index in [1.807, 2.05) is 0 Å². The van der Waals surface area contributed by atoms with Crippen LogP contribution >= 0.6 is 0 Å². The molecular weight excluding hydrogens is 913 g/mol. The summed E-state index contributed by atoms with van der Waals surface area (Å²) in [4.78, 5) is 145. The first-order chi connectivity index (χ1) is 33.3. The van der Waals surface area contributed by atoms with Crippen LogP contribution in [0.2, 0.25) is 0 Å². The van der Waals surface area contributed by atoms with E-state index < -0.39 is 52.7 Å². The van der Waals surface area contributed by atoms with Crippen molar-refractivity contribution in [2.75, 3.05) is 59.5 Å². The number of rotatable bonds is 39. The average molecular weight is 985 g/mol. The number of nitrogens with zero attached hydrogens (tertiary/aromatic N) is 6. The molecule has 0 aromatic carbocycles. The fourth-order valence-electron chi connectivity index (χ4n) is 6.00. The van der Waals surface area contributed by atoms with Gasteiger partial charge in [0, 0.05) is 76.9 Å². The fraction of sp³-hybridized carbons (Fsp3) is 0.667. The maximum absolute atomic E-state index is 13.7. The van der Waals surface area contributed by atoms with Gasteiger partial charge >= 0.3 is 35.0 Å². The molecule has 0 bridgehead atoms. The van der Waals surface area contributed by atoms with E-state index in [4.69, 9.17) is 43.2 Å². The molecule has 0 aliphatic rings. The molecular formula is C45H72N6O18. The van der Waals surface area contributed by atoms with Crippen LogP contribution in [0.25, 0.3) is 0 Å². The Balaban J connectivity index is 3.03. The first kappa shape index (κ1) is 61.2. The lowest BCUT2D eigenvalue weighted by atomic mass is 10.1. The number of ether oxygens (including phenoxy) is 3. The second-order valence-electron chi connectivity index (χ2n) is 14.7. The summed E-state index contributed by atoms with van der Waals surface area (Å²) >= 11 is 0. The van der Waals surface area contributed by atoms with Gasteiger partial charge in [-0.2, -0.15) is 0 Å². The zero-order valence-corrected chi connectivity index (χ0v) is 40.5. The van der Waals surface area contributed by atoms with Crippen molar-refractivity contribution in [3.63, 3.8) is 0 Å². The Labute approximate surface area is 401 Å². The van der Waals surface area contributed by atoms with Crippen LogP contribution < -0.4 is 17.1 Å². The molecule has 0 saturated carbocycles. The summed E-state index contributed by atoms with van der Waals surface area (Å²) in [6, 6.07) is 0. The summed E-state index contributed by atoms with van der Waals surface area (Å²) in [5, 5.41) is 1.52. The third-order valence-corrected chi connectivity index (χ3v) is 9.50. The van der Waals surface area contributed by atoms with Crippen molar-refractivity contribution in [3.05, 3.63) is 69.4 Å². The number of hydrogen-bond acceptors (Lipinski definition) is 18. The minimum atomic E-state index is -0.884. The Morgan fingerprint density at radius 1 is 0.406 bits per heavy atom. The van der Waals surface area contributed by atoms with Gasteiger partial charge in [-0.3, -0.25) is 14.4 Å². The van der Waals surface area contributed by atoms with Crippen LogP contribution in [0.5, 0.6) is 0 Å². The van der Waals surface area contributed by atoms with Gasteiger partial charge in [0.05, 0.1) is 19.8 Å². The molecule has 0 radical (unpaired) electrons. The van der Waals surface area contributed by atoms with Crippen LogP contribution in [-0.4, -0.2) is 124 Å². The molecule has 0 aliphatic heterocycles. The second kappa shape index (κ2) is 38.1. The molecule has 0 saturated heterocycles. The monoisotopic (exact) mass is 984 g/mol. The van der Waals surface area contributed by atoms with Crippen LogP contribution in [0.15, 0.2) is 52.3 Å². The highest BCUT2D eigenvalue weighted by molar-refractivity contribution is 5.84. The highest BCUT2D eigenvalue weighted by atomic mass is 17.0. The number of hydrogen-bond donors (Lipinski definition) is 0. The van der Waals surface area contributed by atoms with Gasteiger partial charge in [0.15, 0.2) is 0 Å². The molecule has 1 rings (SSSR count). The molecule has 0 unspecified atom stereocenters. The van der Waals surface area contributed by atoms with Gasteiger partial charge in [0.1, 0.15) is 19.8 Å². The molecule has 24 heteroatoms. The van der Waals surface area contributed by atoms with Crippen LogP contribution in [0.4, 0.5) is 0 Å². The molecule has 0 fully saturated rings. The van der Waals surface area contributed by atoms with Crippen molar-refractivity contribution in [1.29, 1.82) is 0 Å². The van der Waals surface area contributed by atoms with Gasteiger partial charge in [-0.05, 0) is 75.0 Å². The average Bonchev–Trinajstić information content (AvgIpc) is 3.34. The standard InChI is InChI=1S/C45H72N6O18/c1-7-40(55)67-49(64-34-31-61-10-4)37(52)25-19-13-16-22-28-46-43(58)47(29-23-17-14-20-26-38(53)50(68-41(56)8-2)65-35-32-62-11-5)45(60)48(44(46)59)30-24-18-15-21-27-39(54)51(69-42(57)9-3)66-36-33-63-12-6/h7-9H,1-3,10-36H2,4-6H3. The predicted octanol–water partition coefficient (Wildman–Crippen LogP) is 3.35. The Morgan fingerprint density at radius 2 is 0.652 bits per heavy atom. The third-order valence-electron chi connectivity index (χ3n) is 9.50. The largest absolute Gasteiger partial charge is 0.379 e. The Bertz CT molecular complexity index is 1690. The normalized spacial score (nSPS) is 10.8. The molecule has 0 N–H and O–H groups in total. The zero-order valence-electron chi connectivity index (χ0n) is 40.5. The lowest BCUT2D eigenvalue weighted by molar-refractivity contribution is -0.323. The van der Waals surface area contributed by atoms with Crippen molar-refractivity contribution in [3.8, 4) is 0 Å². The topological polar surface area (TPSA) is 261 Å². The maximum Gasteiger partial charge on any atom is 0.358 e. The first-order valence-corrected chi connectivity index (χ1v) is 23.4. The van der Waals surface area contributed by atoms with Crippen LogP contribution in [0, 0.1) is 0 Å². The molecule has 0 atom stereocenters. The van der Waals surface area contributed by atoms with E-state index in [9.17, 15) is 43.2 Å². The van der Waals surface area contributed by atoms with Gasteiger partial charge in [-0.25, -0.2) is 57.0 Å². The lowest BCUT2D eigenvalue weighted by Crippen LogP contribution is -2.54. The van der Waals surface area contributed by atoms with Gasteiger partial charge in [-0.15, -0.1) is 0 Å². The summed E-state index contributed by atoms with van der Waals surface area (Å²) in [6.07, 6.45) is 7.71. The SMILES string of the molecule is C=CC(=O)ON(OCCOCC)C(=O)CCCCCCn1c(=O)n(CCCCCCC(=O)N(OCCOCC)OC(=O)C=C)c(=O)n(CCCCCCC(=O)N(OCCOCC)OC(=O)C=C)c1=O. The third kappa shape index (κ3) is 26.0. The predicted molar refractivity (Wildman–Crippen MR) is 245 cm³/mol. The van der Waals surface area contributed by atoms with E-state index in [1.165, 1.54) is 0 Å². The number of carbonyl (C=O) groups is 6. The number of unbranched alkanes of at least 4 members (excludes halogenated alkanes) is 9. The zero-order chi connectivity index (χ0) is 51.2. The van der Waals surface area contributed by atoms with E-state index in [0.29, 0.717) is 113 Å². The number of hydroxylamine groups is 6. The lowest BCUT2D eigenvalue weighted by Gasteiger charge is -2.19. The molecule has 1 aromatic heterocycles. The van der Waals surface area contributed by atoms with Crippen LogP contribution in [0.1, 0.15) is 117 Å². The van der Waals surface area contributed by atoms with Crippen molar-refractivity contribution >= 4 is 35.6 Å². The second-order valence-corrected chi connectivity index (χ2v) is 14.7. The smallest absolute Gasteiger partial charge is 0.358 e. The Hall–Kier alpha value is -5.79. The number of amides is 3. The Morgan fingerprint density at radius 3 is 0.884 bits per heavy atom. The Kier molecular flexibility index (Phi) is 33.8. The fourth-order valence-corrected chi connectivity index (χ4v) is 6.00. The maximum atomic E-state index is 13.7. The summed E-state index contributed by atoms with van der Waals surface area (Å²) < 4.78 is 18.6. The molecule has 3 amide bonds. The molecule has 0 aliphatic carbocycles. The van der Waals surface area contributed by atoms with Crippen molar-refractivity contribution in [2.24, 2.45) is 0 Å².